The van der Waals surface area contributed by atoms with Crippen molar-refractivity contribution in [2.75, 3.05) is 18.4 Å². The van der Waals surface area contributed by atoms with Crippen molar-refractivity contribution in [2.45, 2.75) is 26.9 Å². The van der Waals surface area contributed by atoms with Crippen LogP contribution in [0, 0.1) is 0 Å². The van der Waals surface area contributed by atoms with Crippen LogP contribution in [0.25, 0.3) is 0 Å². The largest absolute Gasteiger partial charge is 0.348 e. The number of carbonyl (C=O) groups is 1. The molecule has 0 bridgehead atoms. The summed E-state index contributed by atoms with van der Waals surface area (Å²) in [4.78, 5) is 23.3. The Morgan fingerprint density at radius 3 is 2.38 bits per heavy atom. The summed E-state index contributed by atoms with van der Waals surface area (Å²) >= 11 is 0. The van der Waals surface area contributed by atoms with E-state index < -0.39 is 0 Å². The maximum atomic E-state index is 12.7. The van der Waals surface area contributed by atoms with Crippen molar-refractivity contribution in [3.63, 3.8) is 0 Å². The molecule has 1 heterocycles. The van der Waals surface area contributed by atoms with Crippen molar-refractivity contribution in [2.24, 2.45) is 0 Å². The van der Waals surface area contributed by atoms with Gasteiger partial charge in [0.25, 0.3) is 5.91 Å². The third-order valence-corrected chi connectivity index (χ3v) is 4.79. The van der Waals surface area contributed by atoms with Gasteiger partial charge in [-0.2, -0.15) is 0 Å². The third kappa shape index (κ3) is 5.86. The number of hydrogen-bond donors (Lipinski definition) is 2. The van der Waals surface area contributed by atoms with Gasteiger partial charge in [-0.25, -0.2) is 9.97 Å². The van der Waals surface area contributed by atoms with Crippen LogP contribution in [0.1, 0.15) is 35.3 Å². The van der Waals surface area contributed by atoms with Gasteiger partial charge in [-0.1, -0.05) is 44.2 Å². The molecule has 0 radical (unpaired) electrons. The van der Waals surface area contributed by atoms with E-state index in [2.05, 4.69) is 51.5 Å². The van der Waals surface area contributed by atoms with Crippen LogP contribution in [0.3, 0.4) is 0 Å². The van der Waals surface area contributed by atoms with E-state index in [4.69, 9.17) is 0 Å². The summed E-state index contributed by atoms with van der Waals surface area (Å²) in [6.45, 7) is 7.71. The lowest BCUT2D eigenvalue weighted by Gasteiger charge is -2.20. The number of nitrogens with zero attached hydrogens (tertiary/aromatic N) is 3. The monoisotopic (exact) mass is 389 g/mol. The van der Waals surface area contributed by atoms with Gasteiger partial charge in [0.2, 0.25) is 5.95 Å². The van der Waals surface area contributed by atoms with Gasteiger partial charge in [-0.3, -0.25) is 9.69 Å². The molecule has 6 nitrogen and oxygen atoms in total. The molecule has 29 heavy (non-hydrogen) atoms. The minimum absolute atomic E-state index is 0.111. The lowest BCUT2D eigenvalue weighted by Crippen LogP contribution is -2.26. The molecule has 150 valence electrons. The Hall–Kier alpha value is -3.25. The second-order valence-corrected chi connectivity index (χ2v) is 6.69. The molecule has 2 aromatic carbocycles. The van der Waals surface area contributed by atoms with Crippen LogP contribution in [0.5, 0.6) is 0 Å². The zero-order valence-corrected chi connectivity index (χ0v) is 16.9. The highest BCUT2D eigenvalue weighted by atomic mass is 16.1. The van der Waals surface area contributed by atoms with Gasteiger partial charge < -0.3 is 10.6 Å². The number of aromatic nitrogens is 2. The first-order valence-corrected chi connectivity index (χ1v) is 9.91. The Bertz CT molecular complexity index is 925. The molecule has 0 fully saturated rings. The summed E-state index contributed by atoms with van der Waals surface area (Å²) in [6.07, 6.45) is 3.34. The van der Waals surface area contributed by atoms with Crippen molar-refractivity contribution in [1.82, 2.24) is 20.2 Å². The zero-order valence-electron chi connectivity index (χ0n) is 16.9. The summed E-state index contributed by atoms with van der Waals surface area (Å²) in [5, 5.41) is 6.15. The number of amides is 1. The van der Waals surface area contributed by atoms with E-state index in [0.29, 0.717) is 18.1 Å². The smallest absolute Gasteiger partial charge is 0.251 e. The molecule has 1 aromatic heterocycles. The SMILES string of the molecule is CCN(CC)Cc1ccccc1CNC(=O)c1cccc(Nc2ncccn2)c1. The molecule has 0 aliphatic heterocycles. The molecule has 6 heteroatoms. The molecule has 0 aliphatic carbocycles. The molecule has 3 rings (SSSR count). The molecule has 0 unspecified atom stereocenters. The number of benzene rings is 2. The fraction of sp³-hybridized carbons (Fsp3) is 0.261. The molecule has 0 aliphatic rings. The number of hydrogen-bond acceptors (Lipinski definition) is 5. The average Bonchev–Trinajstić information content (AvgIpc) is 2.77. The van der Waals surface area contributed by atoms with Gasteiger partial charge in [-0.05, 0) is 48.5 Å². The van der Waals surface area contributed by atoms with Crippen molar-refractivity contribution in [1.29, 1.82) is 0 Å². The van der Waals surface area contributed by atoms with Gasteiger partial charge in [0.05, 0.1) is 0 Å². The third-order valence-electron chi connectivity index (χ3n) is 4.79. The predicted molar refractivity (Wildman–Crippen MR) is 116 cm³/mol. The topological polar surface area (TPSA) is 70.2 Å². The Morgan fingerprint density at radius 2 is 1.66 bits per heavy atom. The summed E-state index contributed by atoms with van der Waals surface area (Å²) in [5.41, 5.74) is 3.74. The van der Waals surface area contributed by atoms with E-state index in [-0.39, 0.29) is 5.91 Å². The first kappa shape index (κ1) is 20.5. The normalized spacial score (nSPS) is 10.7. The lowest BCUT2D eigenvalue weighted by molar-refractivity contribution is 0.0951. The highest BCUT2D eigenvalue weighted by molar-refractivity contribution is 5.95. The van der Waals surface area contributed by atoms with E-state index >= 15 is 0 Å². The second kappa shape index (κ2) is 10.3. The van der Waals surface area contributed by atoms with E-state index in [1.807, 2.05) is 24.3 Å². The maximum absolute atomic E-state index is 12.7. The molecule has 1 amide bonds. The van der Waals surface area contributed by atoms with E-state index in [9.17, 15) is 4.79 Å². The zero-order chi connectivity index (χ0) is 20.5. The Morgan fingerprint density at radius 1 is 0.931 bits per heavy atom. The van der Waals surface area contributed by atoms with E-state index in [1.54, 1.807) is 30.6 Å². The van der Waals surface area contributed by atoms with Gasteiger partial charge in [0.1, 0.15) is 0 Å². The van der Waals surface area contributed by atoms with E-state index in [1.165, 1.54) is 5.56 Å². The Balaban J connectivity index is 1.65. The average molecular weight is 390 g/mol. The molecular formula is C23H27N5O. The van der Waals surface area contributed by atoms with Crippen LogP contribution in [-0.2, 0) is 13.1 Å². The van der Waals surface area contributed by atoms with Crippen LogP contribution in [0.4, 0.5) is 11.6 Å². The minimum atomic E-state index is -0.111. The fourth-order valence-corrected chi connectivity index (χ4v) is 3.08. The first-order valence-electron chi connectivity index (χ1n) is 9.91. The van der Waals surface area contributed by atoms with Gasteiger partial charge in [0, 0.05) is 36.7 Å². The predicted octanol–water partition coefficient (Wildman–Crippen LogP) is 3.99. The summed E-state index contributed by atoms with van der Waals surface area (Å²) in [5.74, 6) is 0.385. The number of anilines is 2. The number of carbonyl (C=O) groups excluding carboxylic acids is 1. The number of nitrogens with one attached hydrogen (secondary N) is 2. The Labute approximate surface area is 172 Å². The lowest BCUT2D eigenvalue weighted by atomic mass is 10.1. The van der Waals surface area contributed by atoms with Gasteiger partial charge in [-0.15, -0.1) is 0 Å². The quantitative estimate of drug-likeness (QED) is 0.579. The molecule has 0 saturated heterocycles. The van der Waals surface area contributed by atoms with Crippen molar-refractivity contribution in [3.8, 4) is 0 Å². The van der Waals surface area contributed by atoms with Crippen LogP contribution in [0.2, 0.25) is 0 Å². The molecule has 0 saturated carbocycles. The van der Waals surface area contributed by atoms with Crippen molar-refractivity contribution >= 4 is 17.5 Å². The number of rotatable bonds is 9. The highest BCUT2D eigenvalue weighted by Crippen LogP contribution is 2.15. The van der Waals surface area contributed by atoms with Gasteiger partial charge in [0.15, 0.2) is 0 Å². The highest BCUT2D eigenvalue weighted by Gasteiger charge is 2.10. The summed E-state index contributed by atoms with van der Waals surface area (Å²) < 4.78 is 0. The minimum Gasteiger partial charge on any atom is -0.348 e. The van der Waals surface area contributed by atoms with Crippen molar-refractivity contribution in [3.05, 3.63) is 83.7 Å². The van der Waals surface area contributed by atoms with Crippen LogP contribution in [0.15, 0.2) is 67.0 Å². The summed E-state index contributed by atoms with van der Waals surface area (Å²) in [7, 11) is 0. The molecule has 0 spiro atoms. The van der Waals surface area contributed by atoms with E-state index in [0.717, 1.165) is 30.9 Å². The Kier molecular flexibility index (Phi) is 7.30. The molecule has 2 N–H and O–H groups in total. The van der Waals surface area contributed by atoms with Crippen LogP contribution in [-0.4, -0.2) is 33.9 Å². The van der Waals surface area contributed by atoms with Crippen LogP contribution < -0.4 is 10.6 Å². The fourth-order valence-electron chi connectivity index (χ4n) is 3.08. The standard InChI is InChI=1S/C23H27N5O/c1-3-28(4-2)17-20-10-6-5-9-19(20)16-26-22(29)18-11-7-12-21(15-18)27-23-24-13-8-14-25-23/h5-15H,3-4,16-17H2,1-2H3,(H,26,29)(H,24,25,27). The summed E-state index contributed by atoms with van der Waals surface area (Å²) in [6, 6.07) is 17.3. The van der Waals surface area contributed by atoms with Crippen LogP contribution >= 0.6 is 0 Å². The van der Waals surface area contributed by atoms with Crippen molar-refractivity contribution < 1.29 is 4.79 Å². The molecule has 3 aromatic rings. The van der Waals surface area contributed by atoms with Gasteiger partial charge >= 0.3 is 0 Å². The molecule has 0 atom stereocenters. The molecular weight excluding hydrogens is 362 g/mol. The maximum Gasteiger partial charge on any atom is 0.251 e. The second-order valence-electron chi connectivity index (χ2n) is 6.69. The first-order chi connectivity index (χ1) is 14.2.